The minimum atomic E-state index is -0.448. The number of para-hydroxylation sites is 1. The summed E-state index contributed by atoms with van der Waals surface area (Å²) in [6, 6.07) is 8.65. The molecule has 3 rings (SSSR count). The Morgan fingerprint density at radius 3 is 2.61 bits per heavy atom. The van der Waals surface area contributed by atoms with E-state index in [1.807, 2.05) is 10.6 Å². The number of methoxy groups -OCH3 is 3. The van der Waals surface area contributed by atoms with Crippen LogP contribution in [0.4, 0.5) is 0 Å². The van der Waals surface area contributed by atoms with Crippen molar-refractivity contribution in [3.8, 4) is 11.5 Å². The predicted octanol–water partition coefficient (Wildman–Crippen LogP) is 4.41. The van der Waals surface area contributed by atoms with E-state index >= 15 is 0 Å². The maximum Gasteiger partial charge on any atom is 0.283 e. The van der Waals surface area contributed by atoms with Crippen molar-refractivity contribution >= 4 is 50.7 Å². The maximum atomic E-state index is 12.9. The van der Waals surface area contributed by atoms with Crippen molar-refractivity contribution in [3.05, 3.63) is 50.7 Å². The standard InChI is InChI=1S/C19H18Cl2N2O4S/c1-25-10-9-23-16-14(8-7-12(20)15(16)21)28-19(23)22-18(24)11-5-4-6-13(26-2)17(11)27-3/h4-8H,9-10H2,1-3H3. The van der Waals surface area contributed by atoms with Gasteiger partial charge < -0.3 is 18.8 Å². The SMILES string of the molecule is COCCn1c(=NC(=O)c2cccc(OC)c2OC)sc2ccc(Cl)c(Cl)c21. The summed E-state index contributed by atoms with van der Waals surface area (Å²) < 4.78 is 18.5. The van der Waals surface area contributed by atoms with Gasteiger partial charge in [-0.1, -0.05) is 40.6 Å². The van der Waals surface area contributed by atoms with Gasteiger partial charge in [0.2, 0.25) is 0 Å². The van der Waals surface area contributed by atoms with Gasteiger partial charge in [-0.25, -0.2) is 0 Å². The fourth-order valence-electron chi connectivity index (χ4n) is 2.78. The van der Waals surface area contributed by atoms with Crippen LogP contribution in [-0.4, -0.2) is 38.4 Å². The summed E-state index contributed by atoms with van der Waals surface area (Å²) in [6.45, 7) is 0.899. The Kier molecular flexibility index (Phi) is 6.61. The molecule has 1 amide bonds. The number of aromatic nitrogens is 1. The molecule has 0 aliphatic rings. The smallest absolute Gasteiger partial charge is 0.283 e. The van der Waals surface area contributed by atoms with E-state index in [-0.39, 0.29) is 0 Å². The normalized spacial score (nSPS) is 11.8. The zero-order valence-corrected chi connectivity index (χ0v) is 17.8. The molecule has 0 saturated heterocycles. The third-order valence-corrected chi connectivity index (χ3v) is 5.92. The first-order valence-corrected chi connectivity index (χ1v) is 9.85. The lowest BCUT2D eigenvalue weighted by Crippen LogP contribution is -2.19. The number of hydrogen-bond donors (Lipinski definition) is 0. The van der Waals surface area contributed by atoms with Gasteiger partial charge in [0, 0.05) is 13.7 Å². The quantitative estimate of drug-likeness (QED) is 0.569. The molecule has 6 nitrogen and oxygen atoms in total. The van der Waals surface area contributed by atoms with Crippen LogP contribution in [0.2, 0.25) is 10.0 Å². The molecule has 0 aliphatic heterocycles. The molecule has 3 aromatic rings. The Labute approximate surface area is 175 Å². The molecule has 0 unspecified atom stereocenters. The molecule has 0 saturated carbocycles. The highest BCUT2D eigenvalue weighted by Crippen LogP contribution is 2.33. The second-order valence-corrected chi connectivity index (χ2v) is 7.49. The summed E-state index contributed by atoms with van der Waals surface area (Å²) >= 11 is 13.9. The van der Waals surface area contributed by atoms with Crippen LogP contribution in [0, 0.1) is 0 Å². The third-order valence-electron chi connectivity index (χ3n) is 4.08. The molecule has 2 aromatic carbocycles. The first-order valence-electron chi connectivity index (χ1n) is 8.28. The van der Waals surface area contributed by atoms with E-state index in [1.54, 1.807) is 31.4 Å². The lowest BCUT2D eigenvalue weighted by atomic mass is 10.2. The molecule has 0 N–H and O–H groups in total. The van der Waals surface area contributed by atoms with Gasteiger partial charge in [-0.15, -0.1) is 0 Å². The zero-order valence-electron chi connectivity index (χ0n) is 15.5. The Hall–Kier alpha value is -2.06. The van der Waals surface area contributed by atoms with Crippen LogP contribution in [0.25, 0.3) is 10.2 Å². The van der Waals surface area contributed by atoms with E-state index in [9.17, 15) is 4.79 Å². The summed E-state index contributed by atoms with van der Waals surface area (Å²) in [5.74, 6) is 0.349. The van der Waals surface area contributed by atoms with Crippen molar-refractivity contribution in [3.63, 3.8) is 0 Å². The van der Waals surface area contributed by atoms with Crippen molar-refractivity contribution in [2.45, 2.75) is 6.54 Å². The molecule has 0 bridgehead atoms. The van der Waals surface area contributed by atoms with Gasteiger partial charge in [-0.3, -0.25) is 4.79 Å². The predicted molar refractivity (Wildman–Crippen MR) is 111 cm³/mol. The minimum absolute atomic E-state index is 0.307. The fourth-order valence-corrected chi connectivity index (χ4v) is 4.32. The van der Waals surface area contributed by atoms with Crippen LogP contribution in [0.1, 0.15) is 10.4 Å². The Bertz CT molecular complexity index is 1090. The summed E-state index contributed by atoms with van der Waals surface area (Å²) in [5.41, 5.74) is 1.03. The number of carbonyl (C=O) groups is 1. The molecule has 0 aliphatic carbocycles. The van der Waals surface area contributed by atoms with Crippen LogP contribution < -0.4 is 14.3 Å². The summed E-state index contributed by atoms with van der Waals surface area (Å²) in [5, 5.41) is 0.852. The topological polar surface area (TPSA) is 62.1 Å². The lowest BCUT2D eigenvalue weighted by Gasteiger charge is -2.10. The van der Waals surface area contributed by atoms with Crippen LogP contribution in [-0.2, 0) is 11.3 Å². The van der Waals surface area contributed by atoms with Crippen LogP contribution in [0.15, 0.2) is 35.3 Å². The molecule has 0 fully saturated rings. The lowest BCUT2D eigenvalue weighted by molar-refractivity contribution is 0.0993. The van der Waals surface area contributed by atoms with Crippen molar-refractivity contribution in [1.82, 2.24) is 4.57 Å². The second kappa shape index (κ2) is 8.96. The highest BCUT2D eigenvalue weighted by atomic mass is 35.5. The molecule has 0 atom stereocenters. The molecule has 9 heteroatoms. The van der Waals surface area contributed by atoms with Crippen molar-refractivity contribution in [2.24, 2.45) is 4.99 Å². The molecular formula is C19H18Cl2N2O4S. The van der Waals surface area contributed by atoms with Gasteiger partial charge in [-0.05, 0) is 24.3 Å². The van der Waals surface area contributed by atoms with Crippen molar-refractivity contribution in [1.29, 1.82) is 0 Å². The zero-order chi connectivity index (χ0) is 20.3. The van der Waals surface area contributed by atoms with Gasteiger partial charge in [0.15, 0.2) is 16.3 Å². The van der Waals surface area contributed by atoms with E-state index < -0.39 is 5.91 Å². The van der Waals surface area contributed by atoms with Gasteiger partial charge in [-0.2, -0.15) is 4.99 Å². The van der Waals surface area contributed by atoms with E-state index in [4.69, 9.17) is 37.4 Å². The first kappa shape index (κ1) is 20.7. The number of benzene rings is 2. The molecule has 148 valence electrons. The van der Waals surface area contributed by atoms with E-state index in [0.29, 0.717) is 45.1 Å². The number of thiazole rings is 1. The number of ether oxygens (including phenoxy) is 3. The van der Waals surface area contributed by atoms with E-state index in [2.05, 4.69) is 4.99 Å². The van der Waals surface area contributed by atoms with Gasteiger partial charge in [0.05, 0.1) is 46.7 Å². The van der Waals surface area contributed by atoms with Crippen LogP contribution in [0.3, 0.4) is 0 Å². The number of rotatable bonds is 6. The number of hydrogen-bond acceptors (Lipinski definition) is 5. The average molecular weight is 441 g/mol. The second-order valence-electron chi connectivity index (χ2n) is 5.70. The number of amides is 1. The van der Waals surface area contributed by atoms with Gasteiger partial charge in [0.25, 0.3) is 5.91 Å². The highest BCUT2D eigenvalue weighted by molar-refractivity contribution is 7.16. The van der Waals surface area contributed by atoms with E-state index in [1.165, 1.54) is 25.6 Å². The summed E-state index contributed by atoms with van der Waals surface area (Å²) in [7, 11) is 4.60. The molecule has 1 heterocycles. The fraction of sp³-hybridized carbons (Fsp3) is 0.263. The number of nitrogens with zero attached hydrogens (tertiary/aromatic N) is 2. The highest BCUT2D eigenvalue weighted by Gasteiger charge is 2.18. The Morgan fingerprint density at radius 1 is 1.14 bits per heavy atom. The van der Waals surface area contributed by atoms with Crippen molar-refractivity contribution in [2.75, 3.05) is 27.9 Å². The minimum Gasteiger partial charge on any atom is -0.493 e. The maximum absolute atomic E-state index is 12.9. The van der Waals surface area contributed by atoms with Crippen molar-refractivity contribution < 1.29 is 19.0 Å². The molecule has 28 heavy (non-hydrogen) atoms. The largest absolute Gasteiger partial charge is 0.493 e. The molecule has 0 radical (unpaired) electrons. The Morgan fingerprint density at radius 2 is 1.93 bits per heavy atom. The molecule has 1 aromatic heterocycles. The van der Waals surface area contributed by atoms with Gasteiger partial charge in [0.1, 0.15) is 0 Å². The third kappa shape index (κ3) is 3.89. The average Bonchev–Trinajstić information content (AvgIpc) is 3.05. The summed E-state index contributed by atoms with van der Waals surface area (Å²) in [6.07, 6.45) is 0. The van der Waals surface area contributed by atoms with Crippen LogP contribution >= 0.6 is 34.5 Å². The number of fused-ring (bicyclic) bond motifs is 1. The molecular weight excluding hydrogens is 423 g/mol. The number of halogens is 2. The summed E-state index contributed by atoms with van der Waals surface area (Å²) in [4.78, 5) is 17.7. The van der Waals surface area contributed by atoms with E-state index in [0.717, 1.165) is 10.2 Å². The van der Waals surface area contributed by atoms with Crippen LogP contribution in [0.5, 0.6) is 11.5 Å². The monoisotopic (exact) mass is 440 g/mol. The molecule has 0 spiro atoms. The first-order chi connectivity index (χ1) is 13.5. The number of carbonyl (C=O) groups excluding carboxylic acids is 1. The van der Waals surface area contributed by atoms with Gasteiger partial charge >= 0.3 is 0 Å². The Balaban J connectivity index is 2.19.